The first-order valence-electron chi connectivity index (χ1n) is 9.20. The van der Waals surface area contributed by atoms with Crippen LogP contribution in [0.4, 0.5) is 0 Å². The van der Waals surface area contributed by atoms with Gasteiger partial charge in [0, 0.05) is 5.56 Å². The quantitative estimate of drug-likeness (QED) is 0.480. The molecule has 0 amide bonds. The Morgan fingerprint density at radius 1 is 0.815 bits per heavy atom. The second-order valence-electron chi connectivity index (χ2n) is 6.86. The number of hydrogen-bond acceptors (Lipinski definition) is 2. The standard InChI is InChI=1S/C23H25O2P2/c1-19(2)17-25-26(24)18-20-10-9-15-23(16-20)27(21-11-5-3-6-12-21)22-13-7-4-8-14-22/h3-16,19H,17-18H2,1-2H3/q+1. The van der Waals surface area contributed by atoms with E-state index in [0.717, 1.165) is 5.56 Å². The van der Waals surface area contributed by atoms with Gasteiger partial charge in [-0.2, -0.15) is 0 Å². The molecule has 1 unspecified atom stereocenters. The molecule has 4 heteroatoms. The number of hydrogen-bond donors (Lipinski definition) is 0. The van der Waals surface area contributed by atoms with Gasteiger partial charge in [-0.25, -0.2) is 0 Å². The van der Waals surface area contributed by atoms with E-state index in [1.807, 2.05) is 6.07 Å². The first-order chi connectivity index (χ1) is 13.1. The van der Waals surface area contributed by atoms with Crippen molar-refractivity contribution in [2.75, 3.05) is 6.61 Å². The molecule has 138 valence electrons. The maximum atomic E-state index is 12.3. The van der Waals surface area contributed by atoms with E-state index in [-0.39, 0.29) is 0 Å². The largest absolute Gasteiger partial charge is 0.512 e. The van der Waals surface area contributed by atoms with Crippen molar-refractivity contribution in [1.82, 2.24) is 0 Å². The van der Waals surface area contributed by atoms with Gasteiger partial charge in [0.25, 0.3) is 0 Å². The molecular weight excluding hydrogens is 370 g/mol. The molecule has 27 heavy (non-hydrogen) atoms. The Bertz CT molecular complexity index is 824. The average molecular weight is 395 g/mol. The molecule has 0 fully saturated rings. The molecule has 3 aromatic carbocycles. The van der Waals surface area contributed by atoms with Crippen molar-refractivity contribution in [1.29, 1.82) is 0 Å². The molecule has 0 saturated carbocycles. The minimum Gasteiger partial charge on any atom is -0.146 e. The average Bonchev–Trinajstić information content (AvgIpc) is 2.69. The van der Waals surface area contributed by atoms with Crippen LogP contribution in [0.25, 0.3) is 0 Å². The molecule has 3 aromatic rings. The van der Waals surface area contributed by atoms with Crippen LogP contribution in [0.1, 0.15) is 19.4 Å². The summed E-state index contributed by atoms with van der Waals surface area (Å²) < 4.78 is 17.8. The van der Waals surface area contributed by atoms with Gasteiger partial charge in [0.05, 0.1) is 0 Å². The minimum atomic E-state index is -1.67. The van der Waals surface area contributed by atoms with Crippen molar-refractivity contribution in [3.63, 3.8) is 0 Å². The van der Waals surface area contributed by atoms with Crippen molar-refractivity contribution in [3.05, 3.63) is 90.5 Å². The lowest BCUT2D eigenvalue weighted by Crippen LogP contribution is -2.20. The zero-order valence-electron chi connectivity index (χ0n) is 15.8. The summed E-state index contributed by atoms with van der Waals surface area (Å²) in [7, 11) is -2.31. The molecule has 0 aliphatic heterocycles. The van der Waals surface area contributed by atoms with Gasteiger partial charge in [-0.05, 0) is 40.4 Å². The van der Waals surface area contributed by atoms with E-state index in [1.165, 1.54) is 15.9 Å². The van der Waals surface area contributed by atoms with E-state index >= 15 is 0 Å². The lowest BCUT2D eigenvalue weighted by Gasteiger charge is -2.19. The Morgan fingerprint density at radius 3 is 1.93 bits per heavy atom. The van der Waals surface area contributed by atoms with Crippen molar-refractivity contribution < 1.29 is 9.09 Å². The summed E-state index contributed by atoms with van der Waals surface area (Å²) in [5, 5.41) is 3.90. The van der Waals surface area contributed by atoms with Gasteiger partial charge in [0.15, 0.2) is 0 Å². The molecule has 1 atom stereocenters. The molecule has 0 bridgehead atoms. The molecule has 0 spiro atoms. The van der Waals surface area contributed by atoms with Crippen molar-refractivity contribution in [2.24, 2.45) is 5.92 Å². The summed E-state index contributed by atoms with van der Waals surface area (Å²) in [6, 6.07) is 29.7. The van der Waals surface area contributed by atoms with E-state index in [0.29, 0.717) is 18.7 Å². The fourth-order valence-corrected chi connectivity index (χ4v) is 6.24. The predicted molar refractivity (Wildman–Crippen MR) is 117 cm³/mol. The van der Waals surface area contributed by atoms with Gasteiger partial charge >= 0.3 is 8.03 Å². The Balaban J connectivity index is 1.89. The first-order valence-corrected chi connectivity index (χ1v) is 11.9. The summed E-state index contributed by atoms with van der Waals surface area (Å²) in [6.07, 6.45) is 0.461. The highest BCUT2D eigenvalue weighted by Crippen LogP contribution is 2.34. The summed E-state index contributed by atoms with van der Waals surface area (Å²) in [5.74, 6) is 0.388. The van der Waals surface area contributed by atoms with Crippen LogP contribution >= 0.6 is 15.9 Å². The van der Waals surface area contributed by atoms with E-state index in [9.17, 15) is 4.57 Å². The molecule has 0 heterocycles. The Hall–Kier alpha value is -1.85. The van der Waals surface area contributed by atoms with Crippen molar-refractivity contribution >= 4 is 31.9 Å². The second-order valence-corrected chi connectivity index (χ2v) is 10.3. The summed E-state index contributed by atoms with van der Waals surface area (Å²) in [4.78, 5) is 0. The highest BCUT2D eigenvalue weighted by molar-refractivity contribution is 7.79. The highest BCUT2D eigenvalue weighted by atomic mass is 31.1. The van der Waals surface area contributed by atoms with Gasteiger partial charge in [-0.1, -0.05) is 92.7 Å². The SMILES string of the molecule is CC(C)CO[P+](=O)Cc1cccc(P(c2ccccc2)c2ccccc2)c1. The van der Waals surface area contributed by atoms with Gasteiger partial charge in [0.2, 0.25) is 6.16 Å². The third-order valence-electron chi connectivity index (χ3n) is 4.06. The van der Waals surface area contributed by atoms with Crippen molar-refractivity contribution in [2.45, 2.75) is 20.0 Å². The van der Waals surface area contributed by atoms with Crippen LogP contribution in [-0.2, 0) is 15.3 Å². The van der Waals surface area contributed by atoms with Crippen LogP contribution in [0.5, 0.6) is 0 Å². The molecule has 0 radical (unpaired) electrons. The molecule has 2 nitrogen and oxygen atoms in total. The Morgan fingerprint density at radius 2 is 1.37 bits per heavy atom. The van der Waals surface area contributed by atoms with Crippen LogP contribution in [0.3, 0.4) is 0 Å². The molecule has 0 aliphatic rings. The van der Waals surface area contributed by atoms with Gasteiger partial charge in [-0.15, -0.1) is 4.52 Å². The van der Waals surface area contributed by atoms with Gasteiger partial charge < -0.3 is 0 Å². The molecule has 0 N–H and O–H groups in total. The zero-order valence-corrected chi connectivity index (χ0v) is 17.6. The van der Waals surface area contributed by atoms with Crippen LogP contribution in [0.2, 0.25) is 0 Å². The maximum Gasteiger partial charge on any atom is 0.512 e. The third-order valence-corrected chi connectivity index (χ3v) is 7.55. The summed E-state index contributed by atoms with van der Waals surface area (Å²) in [6.45, 7) is 4.67. The van der Waals surface area contributed by atoms with E-state index < -0.39 is 15.9 Å². The lowest BCUT2D eigenvalue weighted by atomic mass is 10.2. The second kappa shape index (κ2) is 9.90. The fourth-order valence-electron chi connectivity index (χ4n) is 2.82. The third kappa shape index (κ3) is 5.81. The highest BCUT2D eigenvalue weighted by Gasteiger charge is 2.21. The molecule has 0 aromatic heterocycles. The van der Waals surface area contributed by atoms with Crippen LogP contribution in [0.15, 0.2) is 84.9 Å². The number of rotatable bonds is 8. The smallest absolute Gasteiger partial charge is 0.146 e. The zero-order chi connectivity index (χ0) is 19.1. The van der Waals surface area contributed by atoms with E-state index in [2.05, 4.69) is 92.7 Å². The van der Waals surface area contributed by atoms with Crippen LogP contribution in [-0.4, -0.2) is 6.61 Å². The summed E-state index contributed by atoms with van der Waals surface area (Å²) >= 11 is 0. The summed E-state index contributed by atoms with van der Waals surface area (Å²) in [5.41, 5.74) is 1.07. The molecule has 0 saturated heterocycles. The first kappa shape index (κ1) is 19.9. The maximum absolute atomic E-state index is 12.3. The predicted octanol–water partition coefficient (Wildman–Crippen LogP) is 5.36. The van der Waals surface area contributed by atoms with Gasteiger partial charge in [-0.3, -0.25) is 0 Å². The lowest BCUT2D eigenvalue weighted by molar-refractivity contribution is 0.282. The number of benzene rings is 3. The Labute approximate surface area is 164 Å². The van der Waals surface area contributed by atoms with Crippen LogP contribution < -0.4 is 15.9 Å². The molecular formula is C23H25O2P2+. The monoisotopic (exact) mass is 395 g/mol. The van der Waals surface area contributed by atoms with Gasteiger partial charge in [0.1, 0.15) is 6.61 Å². The minimum absolute atomic E-state index is 0.388. The van der Waals surface area contributed by atoms with Crippen molar-refractivity contribution in [3.8, 4) is 0 Å². The fraction of sp³-hybridized carbons (Fsp3) is 0.217. The Kier molecular flexibility index (Phi) is 7.30. The normalized spacial score (nSPS) is 11.8. The van der Waals surface area contributed by atoms with E-state index in [4.69, 9.17) is 4.52 Å². The molecule has 3 rings (SSSR count). The van der Waals surface area contributed by atoms with E-state index in [1.54, 1.807) is 0 Å². The molecule has 0 aliphatic carbocycles. The van der Waals surface area contributed by atoms with Crippen LogP contribution in [0, 0.1) is 5.92 Å². The topological polar surface area (TPSA) is 26.3 Å².